The molecule has 1 aliphatic rings. The van der Waals surface area contributed by atoms with Crippen LogP contribution < -0.4 is 10.2 Å². The summed E-state index contributed by atoms with van der Waals surface area (Å²) in [5, 5.41) is 2.31. The molecule has 1 aliphatic heterocycles. The van der Waals surface area contributed by atoms with Gasteiger partial charge in [0.2, 0.25) is 0 Å². The first-order chi connectivity index (χ1) is 11.0. The molecule has 0 atom stereocenters. The second-order valence-electron chi connectivity index (χ2n) is 4.72. The van der Waals surface area contributed by atoms with Crippen LogP contribution in [0.1, 0.15) is 0 Å². The van der Waals surface area contributed by atoms with Crippen LogP contribution in [0, 0.1) is 11.6 Å². The number of anilines is 2. The van der Waals surface area contributed by atoms with E-state index >= 15 is 0 Å². The van der Waals surface area contributed by atoms with Crippen molar-refractivity contribution < 1.29 is 18.4 Å². The summed E-state index contributed by atoms with van der Waals surface area (Å²) < 4.78 is 26.8. The summed E-state index contributed by atoms with van der Waals surface area (Å²) in [5.41, 5.74) is -0.000771. The van der Waals surface area contributed by atoms with Gasteiger partial charge in [-0.05, 0) is 36.4 Å². The largest absolute Gasteiger partial charge is 0.350 e. The molecule has 0 aromatic heterocycles. The SMILES string of the molecule is O=C1C(Cl)=C(Nc2ccc(F)cc2)C(=O)N1c1ccccc1F. The molecule has 0 bridgehead atoms. The molecule has 0 unspecified atom stereocenters. The van der Waals surface area contributed by atoms with Gasteiger partial charge in [0.25, 0.3) is 11.8 Å². The van der Waals surface area contributed by atoms with E-state index in [1.165, 1.54) is 42.5 Å². The van der Waals surface area contributed by atoms with E-state index in [0.29, 0.717) is 10.6 Å². The van der Waals surface area contributed by atoms with Crippen molar-refractivity contribution >= 4 is 34.8 Å². The molecule has 0 saturated heterocycles. The fraction of sp³-hybridized carbons (Fsp3) is 0. The van der Waals surface area contributed by atoms with Gasteiger partial charge in [-0.25, -0.2) is 13.7 Å². The Kier molecular flexibility index (Phi) is 3.83. The highest BCUT2D eigenvalue weighted by atomic mass is 35.5. The molecule has 1 heterocycles. The third kappa shape index (κ3) is 2.68. The van der Waals surface area contributed by atoms with Gasteiger partial charge in [-0.1, -0.05) is 23.7 Å². The zero-order chi connectivity index (χ0) is 16.6. The van der Waals surface area contributed by atoms with Crippen molar-refractivity contribution in [2.24, 2.45) is 0 Å². The van der Waals surface area contributed by atoms with Crippen LogP contribution in [0.15, 0.2) is 59.3 Å². The van der Waals surface area contributed by atoms with Gasteiger partial charge < -0.3 is 5.32 Å². The average molecular weight is 335 g/mol. The molecule has 2 aromatic rings. The van der Waals surface area contributed by atoms with Crippen LogP contribution >= 0.6 is 11.6 Å². The number of carbonyl (C=O) groups is 2. The number of halogens is 3. The van der Waals surface area contributed by atoms with Crippen molar-refractivity contribution in [1.82, 2.24) is 0 Å². The van der Waals surface area contributed by atoms with Crippen LogP contribution in [0.3, 0.4) is 0 Å². The quantitative estimate of drug-likeness (QED) is 0.875. The van der Waals surface area contributed by atoms with Crippen LogP contribution in [0.5, 0.6) is 0 Å². The molecule has 0 fully saturated rings. The lowest BCUT2D eigenvalue weighted by Gasteiger charge is -2.15. The summed E-state index contributed by atoms with van der Waals surface area (Å²) >= 11 is 5.91. The molecule has 7 heteroatoms. The first kappa shape index (κ1) is 15.2. The summed E-state index contributed by atoms with van der Waals surface area (Å²) in [6.45, 7) is 0. The molecular weight excluding hydrogens is 326 g/mol. The van der Waals surface area contributed by atoms with Gasteiger partial charge in [-0.15, -0.1) is 0 Å². The first-order valence-corrected chi connectivity index (χ1v) is 6.92. The Bertz CT molecular complexity index is 834. The maximum absolute atomic E-state index is 13.8. The van der Waals surface area contributed by atoms with Crippen molar-refractivity contribution in [3.63, 3.8) is 0 Å². The highest BCUT2D eigenvalue weighted by Gasteiger charge is 2.40. The summed E-state index contributed by atoms with van der Waals surface area (Å²) in [6.07, 6.45) is 0. The number of benzene rings is 2. The molecule has 0 saturated carbocycles. The maximum Gasteiger partial charge on any atom is 0.283 e. The standard InChI is InChI=1S/C16H9ClF2N2O2/c17-13-14(20-10-7-5-9(18)6-8-10)16(23)21(15(13)22)12-4-2-1-3-11(12)19/h1-8,20H. The highest BCUT2D eigenvalue weighted by molar-refractivity contribution is 6.53. The lowest BCUT2D eigenvalue weighted by atomic mass is 10.2. The minimum Gasteiger partial charge on any atom is -0.350 e. The number of carbonyl (C=O) groups excluding carboxylic acids is 2. The van der Waals surface area contributed by atoms with E-state index in [0.717, 1.165) is 6.07 Å². The Morgan fingerprint density at radius 1 is 0.913 bits per heavy atom. The van der Waals surface area contributed by atoms with Gasteiger partial charge in [-0.3, -0.25) is 9.59 Å². The van der Waals surface area contributed by atoms with Crippen LogP contribution in [-0.2, 0) is 9.59 Å². The average Bonchev–Trinajstić information content (AvgIpc) is 2.74. The normalized spacial score (nSPS) is 14.7. The highest BCUT2D eigenvalue weighted by Crippen LogP contribution is 2.31. The van der Waals surface area contributed by atoms with Crippen LogP contribution in [-0.4, -0.2) is 11.8 Å². The van der Waals surface area contributed by atoms with E-state index in [9.17, 15) is 18.4 Å². The first-order valence-electron chi connectivity index (χ1n) is 6.54. The summed E-state index contributed by atoms with van der Waals surface area (Å²) in [4.78, 5) is 25.2. The smallest absolute Gasteiger partial charge is 0.283 e. The van der Waals surface area contributed by atoms with Gasteiger partial charge in [0.15, 0.2) is 0 Å². The second kappa shape index (κ2) is 5.81. The third-order valence-electron chi connectivity index (χ3n) is 3.23. The number of nitrogens with one attached hydrogen (secondary N) is 1. The fourth-order valence-corrected chi connectivity index (χ4v) is 2.35. The Balaban J connectivity index is 1.93. The molecule has 4 nitrogen and oxygen atoms in total. The van der Waals surface area contributed by atoms with Gasteiger partial charge >= 0.3 is 0 Å². The number of hydrogen-bond acceptors (Lipinski definition) is 3. The monoisotopic (exact) mass is 334 g/mol. The van der Waals surface area contributed by atoms with Crippen LogP contribution in [0.25, 0.3) is 0 Å². The van der Waals surface area contributed by atoms with Crippen molar-refractivity contribution in [1.29, 1.82) is 0 Å². The van der Waals surface area contributed by atoms with Gasteiger partial charge in [0, 0.05) is 5.69 Å². The van der Waals surface area contributed by atoms with Crippen LogP contribution in [0.2, 0.25) is 0 Å². The van der Waals surface area contributed by atoms with Crippen LogP contribution in [0.4, 0.5) is 20.2 Å². The third-order valence-corrected chi connectivity index (χ3v) is 3.58. The predicted octanol–water partition coefficient (Wildman–Crippen LogP) is 3.40. The molecule has 1 N–H and O–H groups in total. The number of para-hydroxylation sites is 1. The number of nitrogens with zero attached hydrogens (tertiary/aromatic N) is 1. The summed E-state index contributed by atoms with van der Waals surface area (Å²) in [6, 6.07) is 10.5. The fourth-order valence-electron chi connectivity index (χ4n) is 2.14. The Morgan fingerprint density at radius 3 is 2.22 bits per heavy atom. The topological polar surface area (TPSA) is 49.4 Å². The summed E-state index contributed by atoms with van der Waals surface area (Å²) in [5.74, 6) is -2.78. The minimum absolute atomic E-state index is 0.184. The number of amides is 2. The molecule has 0 spiro atoms. The van der Waals surface area contributed by atoms with Crippen molar-refractivity contribution in [3.8, 4) is 0 Å². The number of rotatable bonds is 3. The van der Waals surface area contributed by atoms with Crippen molar-refractivity contribution in [2.75, 3.05) is 10.2 Å². The van der Waals surface area contributed by atoms with Gasteiger partial charge in [-0.2, -0.15) is 0 Å². The minimum atomic E-state index is -0.827. The lowest BCUT2D eigenvalue weighted by molar-refractivity contribution is -0.120. The molecular formula is C16H9ClF2N2O2. The molecule has 0 radical (unpaired) electrons. The molecule has 3 rings (SSSR count). The summed E-state index contributed by atoms with van der Waals surface area (Å²) in [7, 11) is 0. The second-order valence-corrected chi connectivity index (χ2v) is 5.10. The molecule has 2 aromatic carbocycles. The van der Waals surface area contributed by atoms with E-state index in [1.54, 1.807) is 0 Å². The lowest BCUT2D eigenvalue weighted by Crippen LogP contribution is -2.33. The van der Waals surface area contributed by atoms with E-state index in [1.807, 2.05) is 0 Å². The zero-order valence-corrected chi connectivity index (χ0v) is 12.3. The van der Waals surface area contributed by atoms with Gasteiger partial charge in [0.05, 0.1) is 5.69 Å². The maximum atomic E-state index is 13.8. The van der Waals surface area contributed by atoms with E-state index in [4.69, 9.17) is 11.6 Å². The molecule has 0 aliphatic carbocycles. The number of hydrogen-bond donors (Lipinski definition) is 1. The molecule has 2 amide bonds. The van der Waals surface area contributed by atoms with Crippen molar-refractivity contribution in [2.45, 2.75) is 0 Å². The van der Waals surface area contributed by atoms with Crippen molar-refractivity contribution in [3.05, 3.63) is 70.9 Å². The zero-order valence-electron chi connectivity index (χ0n) is 11.5. The van der Waals surface area contributed by atoms with Gasteiger partial charge in [0.1, 0.15) is 22.4 Å². The Hall–Kier alpha value is -2.73. The van der Waals surface area contributed by atoms with E-state index < -0.39 is 23.4 Å². The Labute approximate surface area is 135 Å². The predicted molar refractivity (Wildman–Crippen MR) is 81.8 cm³/mol. The Morgan fingerprint density at radius 2 is 1.57 bits per heavy atom. The molecule has 116 valence electrons. The number of imide groups is 1. The molecule has 23 heavy (non-hydrogen) atoms. The van der Waals surface area contributed by atoms with E-state index in [-0.39, 0.29) is 16.4 Å². The van der Waals surface area contributed by atoms with E-state index in [2.05, 4.69) is 5.32 Å².